The number of alkyl halides is 3. The zero-order valence-electron chi connectivity index (χ0n) is 18.1. The number of amides is 1. The molecular formula is C24H20F3N5O2. The largest absolute Gasteiger partial charge is 0.491 e. The highest BCUT2D eigenvalue weighted by atomic mass is 19.4. The number of fused-ring (bicyclic) bond motifs is 4. The van der Waals surface area contributed by atoms with Crippen molar-refractivity contribution in [2.75, 3.05) is 19.4 Å². The van der Waals surface area contributed by atoms with E-state index in [0.717, 1.165) is 30.5 Å². The lowest BCUT2D eigenvalue weighted by molar-refractivity contribution is -0.137. The number of rotatable bonds is 3. The van der Waals surface area contributed by atoms with Gasteiger partial charge in [0.15, 0.2) is 0 Å². The third kappa shape index (κ3) is 3.16. The molecule has 0 radical (unpaired) electrons. The van der Waals surface area contributed by atoms with Gasteiger partial charge in [0, 0.05) is 18.2 Å². The van der Waals surface area contributed by atoms with Crippen molar-refractivity contribution in [3.8, 4) is 5.75 Å². The molecule has 174 valence electrons. The number of hydrogen-bond donors (Lipinski definition) is 1. The van der Waals surface area contributed by atoms with E-state index in [9.17, 15) is 18.0 Å². The normalized spacial score (nSPS) is 17.7. The number of nitrogens with zero attached hydrogens (tertiary/aromatic N) is 4. The van der Waals surface area contributed by atoms with Crippen LogP contribution in [-0.2, 0) is 6.18 Å². The van der Waals surface area contributed by atoms with Crippen molar-refractivity contribution >= 4 is 28.3 Å². The molecule has 2 aromatic carbocycles. The summed E-state index contributed by atoms with van der Waals surface area (Å²) in [7, 11) is 1.65. The third-order valence-electron chi connectivity index (χ3n) is 6.68. The molecule has 7 nitrogen and oxygen atoms in total. The molecule has 2 N–H and O–H groups in total. The maximum Gasteiger partial charge on any atom is 0.416 e. The van der Waals surface area contributed by atoms with Crippen molar-refractivity contribution in [2.45, 2.75) is 31.0 Å². The number of aromatic nitrogens is 3. The molecule has 3 heterocycles. The fourth-order valence-electron chi connectivity index (χ4n) is 4.68. The summed E-state index contributed by atoms with van der Waals surface area (Å²) >= 11 is 0. The number of halogens is 3. The van der Waals surface area contributed by atoms with Crippen molar-refractivity contribution in [1.82, 2.24) is 19.3 Å². The van der Waals surface area contributed by atoms with Crippen LogP contribution in [0.2, 0.25) is 0 Å². The SMILES string of the molecule is CN(C(=O)c1cc2c(cc1C1CC1)nc(N)c1cncn12)C1COc2cc(C(F)(F)F)ccc21. The molecule has 2 aromatic heterocycles. The Morgan fingerprint density at radius 1 is 1.18 bits per heavy atom. The average molecular weight is 467 g/mol. The summed E-state index contributed by atoms with van der Waals surface area (Å²) in [5, 5.41) is 0. The Morgan fingerprint density at radius 3 is 2.71 bits per heavy atom. The van der Waals surface area contributed by atoms with E-state index in [0.29, 0.717) is 33.5 Å². The number of carbonyl (C=O) groups excluding carboxylic acids is 1. The third-order valence-corrected chi connectivity index (χ3v) is 6.68. The summed E-state index contributed by atoms with van der Waals surface area (Å²) in [5.41, 5.74) is 9.36. The molecule has 6 rings (SSSR count). The zero-order chi connectivity index (χ0) is 23.8. The first-order valence-corrected chi connectivity index (χ1v) is 10.9. The van der Waals surface area contributed by atoms with Gasteiger partial charge in [0.25, 0.3) is 5.91 Å². The Morgan fingerprint density at radius 2 is 1.97 bits per heavy atom. The second-order valence-electron chi connectivity index (χ2n) is 8.84. The number of anilines is 1. The van der Waals surface area contributed by atoms with E-state index in [1.54, 1.807) is 28.9 Å². The Hall–Kier alpha value is -3.82. The van der Waals surface area contributed by atoms with Gasteiger partial charge in [0.2, 0.25) is 0 Å². The van der Waals surface area contributed by atoms with Crippen LogP contribution in [0.5, 0.6) is 5.75 Å². The molecule has 0 spiro atoms. The monoisotopic (exact) mass is 467 g/mol. The molecule has 1 atom stereocenters. The molecule has 1 aliphatic heterocycles. The van der Waals surface area contributed by atoms with Gasteiger partial charge in [-0.1, -0.05) is 6.07 Å². The van der Waals surface area contributed by atoms with Crippen LogP contribution < -0.4 is 10.5 Å². The zero-order valence-corrected chi connectivity index (χ0v) is 18.1. The van der Waals surface area contributed by atoms with E-state index in [2.05, 4.69) is 9.97 Å². The van der Waals surface area contributed by atoms with Gasteiger partial charge < -0.3 is 15.4 Å². The van der Waals surface area contributed by atoms with Gasteiger partial charge in [-0.3, -0.25) is 9.20 Å². The van der Waals surface area contributed by atoms with Gasteiger partial charge in [0.1, 0.15) is 23.7 Å². The number of ether oxygens (including phenoxy) is 1. The molecule has 1 aliphatic carbocycles. The first-order valence-electron chi connectivity index (χ1n) is 10.9. The summed E-state index contributed by atoms with van der Waals surface area (Å²) in [6.45, 7) is 0.0923. The second kappa shape index (κ2) is 7.09. The highest BCUT2D eigenvalue weighted by molar-refractivity contribution is 6.00. The highest BCUT2D eigenvalue weighted by Gasteiger charge is 2.37. The lowest BCUT2D eigenvalue weighted by Gasteiger charge is -2.25. The molecule has 0 bridgehead atoms. The van der Waals surface area contributed by atoms with Gasteiger partial charge >= 0.3 is 6.18 Å². The minimum absolute atomic E-state index is 0.0923. The predicted molar refractivity (Wildman–Crippen MR) is 119 cm³/mol. The standard InChI is InChI=1S/C24H20F3N5O2/c1-31(20-10-34-21-6-13(24(25,26)27)4-5-14(20)21)23(33)16-8-18-17(7-15(16)12-2-3-12)30-22(28)19-9-29-11-32(18)19/h4-9,11-12,20H,2-3,10H2,1H3,(H2,28,30). The summed E-state index contributed by atoms with van der Waals surface area (Å²) in [6.07, 6.45) is 0.746. The second-order valence-corrected chi connectivity index (χ2v) is 8.84. The van der Waals surface area contributed by atoms with E-state index < -0.39 is 17.8 Å². The van der Waals surface area contributed by atoms with Crippen molar-refractivity contribution in [3.63, 3.8) is 0 Å². The number of hydrogen-bond acceptors (Lipinski definition) is 5. The molecule has 10 heteroatoms. The first kappa shape index (κ1) is 20.8. The van der Waals surface area contributed by atoms with Crippen molar-refractivity contribution in [3.05, 3.63) is 65.1 Å². The van der Waals surface area contributed by atoms with Crippen LogP contribution in [0, 0.1) is 0 Å². The van der Waals surface area contributed by atoms with Gasteiger partial charge in [0.05, 0.1) is 35.2 Å². The predicted octanol–water partition coefficient (Wildman–Crippen LogP) is 4.57. The number of nitrogen functional groups attached to an aromatic ring is 1. The fourth-order valence-corrected chi connectivity index (χ4v) is 4.68. The van der Waals surface area contributed by atoms with Crippen LogP contribution in [0.3, 0.4) is 0 Å². The maximum absolute atomic E-state index is 13.7. The van der Waals surface area contributed by atoms with E-state index >= 15 is 0 Å². The quantitative estimate of drug-likeness (QED) is 0.477. The summed E-state index contributed by atoms with van der Waals surface area (Å²) in [6, 6.07) is 6.64. The van der Waals surface area contributed by atoms with Gasteiger partial charge in [-0.25, -0.2) is 9.97 Å². The smallest absolute Gasteiger partial charge is 0.416 e. The molecule has 34 heavy (non-hydrogen) atoms. The summed E-state index contributed by atoms with van der Waals surface area (Å²) < 4.78 is 46.6. The molecule has 2 aliphatic rings. The number of carbonyl (C=O) groups is 1. The van der Waals surface area contributed by atoms with Gasteiger partial charge in [-0.15, -0.1) is 0 Å². The number of nitrogens with two attached hydrogens (primary N) is 1. The van der Waals surface area contributed by atoms with Gasteiger partial charge in [-0.2, -0.15) is 13.2 Å². The fraction of sp³-hybridized carbons (Fsp3) is 0.292. The van der Waals surface area contributed by atoms with Crippen LogP contribution in [0.1, 0.15) is 51.8 Å². The van der Waals surface area contributed by atoms with Crippen molar-refractivity contribution in [1.29, 1.82) is 0 Å². The first-order chi connectivity index (χ1) is 16.2. The molecule has 1 saturated carbocycles. The number of likely N-dealkylation sites (N-methyl/N-ethyl adjacent to an activating group) is 1. The molecular weight excluding hydrogens is 447 g/mol. The van der Waals surface area contributed by atoms with E-state index in [-0.39, 0.29) is 24.2 Å². The van der Waals surface area contributed by atoms with Crippen LogP contribution in [0.15, 0.2) is 42.9 Å². The van der Waals surface area contributed by atoms with E-state index in [1.807, 2.05) is 12.1 Å². The van der Waals surface area contributed by atoms with Gasteiger partial charge in [-0.05, 0) is 48.6 Å². The highest BCUT2D eigenvalue weighted by Crippen LogP contribution is 2.44. The topological polar surface area (TPSA) is 85.8 Å². The Labute approximate surface area is 192 Å². The maximum atomic E-state index is 13.7. The molecule has 1 amide bonds. The minimum atomic E-state index is -4.46. The van der Waals surface area contributed by atoms with Crippen molar-refractivity contribution < 1.29 is 22.7 Å². The summed E-state index contributed by atoms with van der Waals surface area (Å²) in [5.74, 6) is 0.552. The molecule has 1 unspecified atom stereocenters. The number of benzene rings is 2. The Bertz CT molecular complexity index is 1480. The minimum Gasteiger partial charge on any atom is -0.491 e. The van der Waals surface area contributed by atoms with Crippen molar-refractivity contribution in [2.24, 2.45) is 0 Å². The Kier molecular flexibility index (Phi) is 4.33. The molecule has 4 aromatic rings. The number of imidazole rings is 1. The average Bonchev–Trinajstić information content (AvgIpc) is 3.36. The van der Waals surface area contributed by atoms with Crippen LogP contribution in [-0.4, -0.2) is 38.8 Å². The molecule has 1 fully saturated rings. The molecule has 0 saturated heterocycles. The summed E-state index contributed by atoms with van der Waals surface area (Å²) in [4.78, 5) is 23.9. The van der Waals surface area contributed by atoms with E-state index in [4.69, 9.17) is 10.5 Å². The lowest BCUT2D eigenvalue weighted by Crippen LogP contribution is -2.32. The van der Waals surface area contributed by atoms with Crippen LogP contribution >= 0.6 is 0 Å². The van der Waals surface area contributed by atoms with E-state index in [1.165, 1.54) is 6.07 Å². The van der Waals surface area contributed by atoms with Crippen LogP contribution in [0.25, 0.3) is 16.6 Å². The lowest BCUT2D eigenvalue weighted by atomic mass is 9.99. The van der Waals surface area contributed by atoms with Crippen LogP contribution in [0.4, 0.5) is 19.0 Å². The Balaban J connectivity index is 1.41.